The lowest BCUT2D eigenvalue weighted by Crippen LogP contribution is -2.44. The standard InChI is InChI=1S/C25H27N5O3/c1-16-13-29(14-17(2)33-16)15-19-9-7-18(8-10-19)11-26-24(31)21-12-27-30-22-6-4-3-5-20(22)25(32)28-23(21)30/h3-10,12,16-17H,11,13-15H2,1-2H3,(H,26,31)(H,28,32). The maximum atomic E-state index is 12.8. The van der Waals surface area contributed by atoms with Crippen molar-refractivity contribution >= 4 is 22.5 Å². The van der Waals surface area contributed by atoms with Gasteiger partial charge in [0.15, 0.2) is 0 Å². The monoisotopic (exact) mass is 445 g/mol. The highest BCUT2D eigenvalue weighted by atomic mass is 16.5. The van der Waals surface area contributed by atoms with E-state index in [2.05, 4.69) is 46.3 Å². The van der Waals surface area contributed by atoms with E-state index >= 15 is 0 Å². The minimum absolute atomic E-state index is 0.243. The summed E-state index contributed by atoms with van der Waals surface area (Å²) in [4.78, 5) is 30.4. The van der Waals surface area contributed by atoms with Crippen LogP contribution in [-0.2, 0) is 17.8 Å². The minimum atomic E-state index is -0.281. The van der Waals surface area contributed by atoms with E-state index in [1.54, 1.807) is 16.6 Å². The number of ether oxygens (including phenoxy) is 1. The summed E-state index contributed by atoms with van der Waals surface area (Å²) in [5, 5.41) is 7.77. The van der Waals surface area contributed by atoms with Gasteiger partial charge in [-0.05, 0) is 37.1 Å². The van der Waals surface area contributed by atoms with Crippen LogP contribution in [0.1, 0.15) is 35.3 Å². The molecule has 3 heterocycles. The number of hydrogen-bond acceptors (Lipinski definition) is 5. The van der Waals surface area contributed by atoms with E-state index in [-0.39, 0.29) is 23.7 Å². The van der Waals surface area contributed by atoms with E-state index in [1.165, 1.54) is 11.8 Å². The Labute approximate surface area is 191 Å². The third-order valence-electron chi connectivity index (χ3n) is 6.00. The number of aromatic nitrogens is 3. The molecule has 1 amide bonds. The molecule has 0 radical (unpaired) electrons. The quantitative estimate of drug-likeness (QED) is 0.493. The van der Waals surface area contributed by atoms with Gasteiger partial charge in [0.2, 0.25) is 0 Å². The van der Waals surface area contributed by atoms with E-state index in [1.807, 2.05) is 24.3 Å². The number of rotatable bonds is 5. The lowest BCUT2D eigenvalue weighted by Gasteiger charge is -2.35. The number of carbonyl (C=O) groups is 1. The average Bonchev–Trinajstić information content (AvgIpc) is 3.22. The molecule has 0 bridgehead atoms. The fourth-order valence-corrected chi connectivity index (χ4v) is 4.55. The molecule has 2 atom stereocenters. The largest absolute Gasteiger partial charge is 0.373 e. The molecule has 1 fully saturated rings. The number of H-pyrrole nitrogens is 1. The molecule has 33 heavy (non-hydrogen) atoms. The molecular weight excluding hydrogens is 418 g/mol. The normalized spacial score (nSPS) is 19.2. The van der Waals surface area contributed by atoms with Crippen molar-refractivity contribution in [3.63, 3.8) is 0 Å². The molecule has 2 aromatic carbocycles. The Morgan fingerprint density at radius 3 is 2.55 bits per heavy atom. The summed E-state index contributed by atoms with van der Waals surface area (Å²) in [6, 6.07) is 15.5. The average molecular weight is 446 g/mol. The van der Waals surface area contributed by atoms with E-state index in [9.17, 15) is 9.59 Å². The number of nitrogens with one attached hydrogen (secondary N) is 2. The van der Waals surface area contributed by atoms with Gasteiger partial charge in [0.25, 0.3) is 11.5 Å². The Bertz CT molecular complexity index is 1350. The van der Waals surface area contributed by atoms with Gasteiger partial charge in [-0.3, -0.25) is 14.5 Å². The number of nitrogens with zero attached hydrogens (tertiary/aromatic N) is 3. The summed E-state index contributed by atoms with van der Waals surface area (Å²) < 4.78 is 7.40. The first-order valence-corrected chi connectivity index (χ1v) is 11.2. The highest BCUT2D eigenvalue weighted by molar-refractivity contribution is 6.00. The molecule has 1 aliphatic heterocycles. The van der Waals surface area contributed by atoms with Gasteiger partial charge in [-0.15, -0.1) is 0 Å². The van der Waals surface area contributed by atoms with Gasteiger partial charge in [-0.1, -0.05) is 36.4 Å². The predicted octanol–water partition coefficient (Wildman–Crippen LogP) is 2.72. The van der Waals surface area contributed by atoms with Crippen molar-refractivity contribution in [2.75, 3.05) is 13.1 Å². The minimum Gasteiger partial charge on any atom is -0.373 e. The zero-order chi connectivity index (χ0) is 22.9. The molecule has 5 rings (SSSR count). The highest BCUT2D eigenvalue weighted by Gasteiger charge is 2.22. The van der Waals surface area contributed by atoms with Crippen LogP contribution in [0.5, 0.6) is 0 Å². The van der Waals surface area contributed by atoms with E-state index in [4.69, 9.17) is 4.74 Å². The summed E-state index contributed by atoms with van der Waals surface area (Å²) >= 11 is 0. The lowest BCUT2D eigenvalue weighted by molar-refractivity contribution is -0.0704. The van der Waals surface area contributed by atoms with Crippen LogP contribution in [0.15, 0.2) is 59.5 Å². The molecule has 2 unspecified atom stereocenters. The van der Waals surface area contributed by atoms with Gasteiger partial charge in [-0.2, -0.15) is 5.10 Å². The zero-order valence-electron chi connectivity index (χ0n) is 18.7. The number of hydrogen-bond donors (Lipinski definition) is 2. The molecule has 8 nitrogen and oxygen atoms in total. The third-order valence-corrected chi connectivity index (χ3v) is 6.00. The molecule has 8 heteroatoms. The maximum Gasteiger partial charge on any atom is 0.259 e. The zero-order valence-corrected chi connectivity index (χ0v) is 18.7. The van der Waals surface area contributed by atoms with Crippen LogP contribution < -0.4 is 10.9 Å². The molecule has 4 aromatic rings. The summed E-state index contributed by atoms with van der Waals surface area (Å²) in [5.41, 5.74) is 3.39. The number of para-hydroxylation sites is 1. The van der Waals surface area contributed by atoms with E-state index in [0.29, 0.717) is 28.7 Å². The van der Waals surface area contributed by atoms with Crippen LogP contribution in [0, 0.1) is 0 Å². The van der Waals surface area contributed by atoms with Crippen molar-refractivity contribution in [2.24, 2.45) is 0 Å². The third kappa shape index (κ3) is 4.40. The molecule has 1 saturated heterocycles. The summed E-state index contributed by atoms with van der Waals surface area (Å²) in [6.45, 7) is 7.35. The molecule has 1 aliphatic rings. The fraction of sp³-hybridized carbons (Fsp3) is 0.320. The van der Waals surface area contributed by atoms with E-state index in [0.717, 1.165) is 25.2 Å². The van der Waals surface area contributed by atoms with Gasteiger partial charge in [0, 0.05) is 26.2 Å². The van der Waals surface area contributed by atoms with E-state index < -0.39 is 0 Å². The van der Waals surface area contributed by atoms with Crippen LogP contribution in [0.2, 0.25) is 0 Å². The van der Waals surface area contributed by atoms with Gasteiger partial charge in [0.1, 0.15) is 11.2 Å². The van der Waals surface area contributed by atoms with Crippen LogP contribution in [0.25, 0.3) is 16.6 Å². The van der Waals surface area contributed by atoms with Crippen LogP contribution >= 0.6 is 0 Å². The number of carbonyl (C=O) groups excluding carboxylic acids is 1. The summed E-state index contributed by atoms with van der Waals surface area (Å²) in [5.74, 6) is -0.281. The van der Waals surface area contributed by atoms with Crippen LogP contribution in [0.4, 0.5) is 0 Å². The fourth-order valence-electron chi connectivity index (χ4n) is 4.55. The molecule has 2 N–H and O–H groups in total. The van der Waals surface area contributed by atoms with Crippen molar-refractivity contribution in [3.05, 3.63) is 81.8 Å². The summed E-state index contributed by atoms with van der Waals surface area (Å²) in [7, 11) is 0. The molecule has 0 spiro atoms. The summed E-state index contributed by atoms with van der Waals surface area (Å²) in [6.07, 6.45) is 1.98. The Balaban J connectivity index is 1.26. The Morgan fingerprint density at radius 1 is 1.09 bits per heavy atom. The second-order valence-electron chi connectivity index (χ2n) is 8.74. The molecular formula is C25H27N5O3. The van der Waals surface area contributed by atoms with Crippen molar-refractivity contribution in [2.45, 2.75) is 39.1 Å². The smallest absolute Gasteiger partial charge is 0.259 e. The second-order valence-corrected chi connectivity index (χ2v) is 8.74. The molecule has 170 valence electrons. The number of benzene rings is 2. The van der Waals surface area contributed by atoms with Gasteiger partial charge >= 0.3 is 0 Å². The predicted molar refractivity (Wildman–Crippen MR) is 126 cm³/mol. The topological polar surface area (TPSA) is 91.7 Å². The highest BCUT2D eigenvalue weighted by Crippen LogP contribution is 2.16. The van der Waals surface area contributed by atoms with Crippen LogP contribution in [-0.4, -0.2) is 50.7 Å². The Kier molecular flexibility index (Phi) is 5.70. The molecule has 0 aliphatic carbocycles. The first kappa shape index (κ1) is 21.4. The van der Waals surface area contributed by atoms with Crippen molar-refractivity contribution in [1.82, 2.24) is 24.8 Å². The van der Waals surface area contributed by atoms with Gasteiger partial charge < -0.3 is 15.0 Å². The maximum absolute atomic E-state index is 12.8. The number of morpholine rings is 1. The lowest BCUT2D eigenvalue weighted by atomic mass is 10.1. The van der Waals surface area contributed by atoms with Crippen molar-refractivity contribution < 1.29 is 9.53 Å². The Morgan fingerprint density at radius 2 is 1.79 bits per heavy atom. The molecule has 2 aromatic heterocycles. The SMILES string of the molecule is CC1CN(Cc2ccc(CNC(=O)c3cnn4c3[nH]c(=O)c3ccccc34)cc2)CC(C)O1. The second kappa shape index (κ2) is 8.80. The number of amides is 1. The van der Waals surface area contributed by atoms with Gasteiger partial charge in [0.05, 0.1) is 29.3 Å². The first-order chi connectivity index (χ1) is 16.0. The van der Waals surface area contributed by atoms with Crippen LogP contribution in [0.3, 0.4) is 0 Å². The van der Waals surface area contributed by atoms with Crippen molar-refractivity contribution in [3.8, 4) is 0 Å². The Hall–Kier alpha value is -3.49. The van der Waals surface area contributed by atoms with Gasteiger partial charge in [-0.25, -0.2) is 4.52 Å². The number of aromatic amines is 1. The molecule has 0 saturated carbocycles. The van der Waals surface area contributed by atoms with Crippen molar-refractivity contribution in [1.29, 1.82) is 0 Å². The number of fused-ring (bicyclic) bond motifs is 3. The first-order valence-electron chi connectivity index (χ1n) is 11.2.